The third-order valence-electron chi connectivity index (χ3n) is 6.33. The van der Waals surface area contributed by atoms with Gasteiger partial charge in [-0.2, -0.15) is 0 Å². The predicted octanol–water partition coefficient (Wildman–Crippen LogP) is 3.73. The van der Waals surface area contributed by atoms with E-state index < -0.39 is 33.6 Å². The number of benzene rings is 2. The molecule has 1 amide bonds. The number of aryl methyl sites for hydroxylation is 1. The second-order valence-electron chi connectivity index (χ2n) is 8.95. The van der Waals surface area contributed by atoms with E-state index in [2.05, 4.69) is 13.8 Å². The van der Waals surface area contributed by atoms with Crippen molar-refractivity contribution < 1.29 is 23.1 Å². The summed E-state index contributed by atoms with van der Waals surface area (Å²) in [6, 6.07) is 13.2. The summed E-state index contributed by atoms with van der Waals surface area (Å²) in [6.07, 6.45) is 0.278. The standard InChI is InChI=1S/C25H27NO5S/c1-15(2)17-8-10-18(11-9-17)22-21(23(27)19-6-4-16(3)5-7-19)24(28)25(29)26(22)20-12-13-32(30,31)14-20/h4-11,15,20,22,27H,12-14H2,1-3H3/t20-,22+/m1/s1. The second kappa shape index (κ2) is 8.20. The number of ketones is 1. The van der Waals surface area contributed by atoms with Crippen molar-refractivity contribution in [3.05, 3.63) is 76.4 Å². The number of hydrogen-bond donors (Lipinski definition) is 1. The van der Waals surface area contributed by atoms with Crippen molar-refractivity contribution in [2.45, 2.75) is 45.2 Å². The van der Waals surface area contributed by atoms with Crippen LogP contribution in [0.25, 0.3) is 5.76 Å². The van der Waals surface area contributed by atoms with E-state index in [-0.39, 0.29) is 29.3 Å². The number of hydrogen-bond acceptors (Lipinski definition) is 5. The minimum atomic E-state index is -3.28. The Hall–Kier alpha value is -2.93. The molecule has 2 atom stereocenters. The van der Waals surface area contributed by atoms with Gasteiger partial charge in [-0.15, -0.1) is 0 Å². The highest BCUT2D eigenvalue weighted by Crippen LogP contribution is 2.42. The van der Waals surface area contributed by atoms with Gasteiger partial charge in [0.25, 0.3) is 11.7 Å². The zero-order chi connectivity index (χ0) is 23.2. The predicted molar refractivity (Wildman–Crippen MR) is 123 cm³/mol. The Bertz CT molecular complexity index is 1190. The largest absolute Gasteiger partial charge is 0.507 e. The zero-order valence-corrected chi connectivity index (χ0v) is 19.2. The molecule has 0 bridgehead atoms. The summed E-state index contributed by atoms with van der Waals surface area (Å²) in [5, 5.41) is 11.1. The van der Waals surface area contributed by atoms with Gasteiger partial charge < -0.3 is 10.0 Å². The Balaban J connectivity index is 1.87. The second-order valence-corrected chi connectivity index (χ2v) is 11.2. The maximum Gasteiger partial charge on any atom is 0.295 e. The Morgan fingerprint density at radius 3 is 2.19 bits per heavy atom. The summed E-state index contributed by atoms with van der Waals surface area (Å²) < 4.78 is 24.3. The van der Waals surface area contributed by atoms with Gasteiger partial charge >= 0.3 is 0 Å². The van der Waals surface area contributed by atoms with Crippen LogP contribution in [-0.4, -0.2) is 47.7 Å². The van der Waals surface area contributed by atoms with Gasteiger partial charge in [-0.1, -0.05) is 67.9 Å². The molecule has 0 aliphatic carbocycles. The van der Waals surface area contributed by atoms with E-state index >= 15 is 0 Å². The van der Waals surface area contributed by atoms with Crippen molar-refractivity contribution >= 4 is 27.3 Å². The van der Waals surface area contributed by atoms with E-state index in [1.807, 2.05) is 43.3 Å². The Morgan fingerprint density at radius 2 is 1.66 bits per heavy atom. The first kappa shape index (κ1) is 22.3. The van der Waals surface area contributed by atoms with Crippen LogP contribution in [0.3, 0.4) is 0 Å². The van der Waals surface area contributed by atoms with Crippen LogP contribution in [0.2, 0.25) is 0 Å². The average Bonchev–Trinajstić information content (AvgIpc) is 3.24. The summed E-state index contributed by atoms with van der Waals surface area (Å²) in [7, 11) is -3.28. The minimum Gasteiger partial charge on any atom is -0.507 e. The topological polar surface area (TPSA) is 91.8 Å². The molecule has 7 heteroatoms. The van der Waals surface area contributed by atoms with Gasteiger partial charge in [0.1, 0.15) is 5.76 Å². The van der Waals surface area contributed by atoms with Gasteiger partial charge in [-0.3, -0.25) is 9.59 Å². The molecule has 2 aliphatic heterocycles. The molecule has 0 aromatic heterocycles. The normalized spacial score (nSPS) is 24.4. The van der Waals surface area contributed by atoms with E-state index in [1.165, 1.54) is 4.90 Å². The highest BCUT2D eigenvalue weighted by molar-refractivity contribution is 7.91. The fourth-order valence-electron chi connectivity index (χ4n) is 4.48. The van der Waals surface area contributed by atoms with Crippen LogP contribution in [-0.2, 0) is 19.4 Å². The van der Waals surface area contributed by atoms with Gasteiger partial charge in [0.2, 0.25) is 0 Å². The molecule has 2 fully saturated rings. The molecule has 6 nitrogen and oxygen atoms in total. The van der Waals surface area contributed by atoms with Crippen LogP contribution < -0.4 is 0 Å². The summed E-state index contributed by atoms with van der Waals surface area (Å²) in [5.74, 6) is -1.68. The van der Waals surface area contributed by atoms with Crippen LogP contribution in [0.15, 0.2) is 54.1 Å². The fourth-order valence-corrected chi connectivity index (χ4v) is 6.19. The van der Waals surface area contributed by atoms with Crippen LogP contribution in [0.5, 0.6) is 0 Å². The molecule has 1 N–H and O–H groups in total. The lowest BCUT2D eigenvalue weighted by Gasteiger charge is -2.30. The fraction of sp³-hybridized carbons (Fsp3) is 0.360. The molecule has 4 rings (SSSR count). The maximum absolute atomic E-state index is 13.1. The summed E-state index contributed by atoms with van der Waals surface area (Å²) >= 11 is 0. The first-order valence-corrected chi connectivity index (χ1v) is 12.6. The molecule has 168 valence electrons. The molecule has 0 spiro atoms. The van der Waals surface area contributed by atoms with E-state index in [9.17, 15) is 23.1 Å². The lowest BCUT2D eigenvalue weighted by molar-refractivity contribution is -0.141. The minimum absolute atomic E-state index is 0.000415. The SMILES string of the molecule is Cc1ccc(C(O)=C2C(=O)C(=O)N([C@@H]3CCS(=O)(=O)C3)[C@H]2c2ccc(C(C)C)cc2)cc1. The zero-order valence-electron chi connectivity index (χ0n) is 18.4. The number of nitrogens with zero attached hydrogens (tertiary/aromatic N) is 1. The van der Waals surface area contributed by atoms with Gasteiger partial charge in [-0.05, 0) is 30.4 Å². The number of carbonyl (C=O) groups is 2. The number of aliphatic hydroxyl groups is 1. The number of sulfone groups is 1. The maximum atomic E-state index is 13.1. The number of amides is 1. The smallest absolute Gasteiger partial charge is 0.295 e. The number of Topliss-reactive ketones (excluding diaryl/α,β-unsaturated/α-hetero) is 1. The van der Waals surface area contributed by atoms with Gasteiger partial charge in [0.15, 0.2) is 9.84 Å². The molecule has 32 heavy (non-hydrogen) atoms. The van der Waals surface area contributed by atoms with Crippen LogP contribution >= 0.6 is 0 Å². The van der Waals surface area contributed by atoms with Gasteiger partial charge in [0.05, 0.1) is 23.1 Å². The highest BCUT2D eigenvalue weighted by Gasteiger charge is 2.50. The van der Waals surface area contributed by atoms with E-state index in [4.69, 9.17) is 0 Å². The third-order valence-corrected chi connectivity index (χ3v) is 8.08. The van der Waals surface area contributed by atoms with Crippen molar-refractivity contribution in [1.29, 1.82) is 0 Å². The Morgan fingerprint density at radius 1 is 1.03 bits per heavy atom. The molecule has 2 aliphatic rings. The van der Waals surface area contributed by atoms with Crippen LogP contribution in [0.1, 0.15) is 54.5 Å². The quantitative estimate of drug-likeness (QED) is 0.433. The van der Waals surface area contributed by atoms with E-state index in [0.29, 0.717) is 17.0 Å². The highest BCUT2D eigenvalue weighted by atomic mass is 32.2. The number of likely N-dealkylation sites (tertiary alicyclic amines) is 1. The molecular weight excluding hydrogens is 426 g/mol. The van der Waals surface area contributed by atoms with Crippen molar-refractivity contribution in [2.75, 3.05) is 11.5 Å². The molecule has 2 saturated heterocycles. The molecule has 2 aromatic carbocycles. The van der Waals surface area contributed by atoms with Crippen molar-refractivity contribution in [3.63, 3.8) is 0 Å². The van der Waals surface area contributed by atoms with Gasteiger partial charge in [-0.25, -0.2) is 8.42 Å². The van der Waals surface area contributed by atoms with Crippen molar-refractivity contribution in [1.82, 2.24) is 4.90 Å². The van der Waals surface area contributed by atoms with Crippen molar-refractivity contribution in [3.8, 4) is 0 Å². The number of aliphatic hydroxyl groups excluding tert-OH is 1. The van der Waals surface area contributed by atoms with Crippen molar-refractivity contribution in [2.24, 2.45) is 0 Å². The molecule has 2 heterocycles. The average molecular weight is 454 g/mol. The molecular formula is C25H27NO5S. The third kappa shape index (κ3) is 3.97. The summed E-state index contributed by atoms with van der Waals surface area (Å²) in [6.45, 7) is 6.06. The van der Waals surface area contributed by atoms with Crippen LogP contribution in [0, 0.1) is 6.92 Å². The molecule has 0 radical (unpaired) electrons. The first-order valence-electron chi connectivity index (χ1n) is 10.8. The number of rotatable bonds is 4. The monoisotopic (exact) mass is 453 g/mol. The first-order chi connectivity index (χ1) is 15.1. The summed E-state index contributed by atoms with van der Waals surface area (Å²) in [4.78, 5) is 27.6. The lowest BCUT2D eigenvalue weighted by Crippen LogP contribution is -2.40. The van der Waals surface area contributed by atoms with Gasteiger partial charge in [0, 0.05) is 11.6 Å². The Kier molecular flexibility index (Phi) is 5.71. The van der Waals surface area contributed by atoms with Crippen LogP contribution in [0.4, 0.5) is 0 Å². The molecule has 0 saturated carbocycles. The van der Waals surface area contributed by atoms with E-state index in [0.717, 1.165) is 11.1 Å². The molecule has 0 unspecified atom stereocenters. The Labute approximate surface area is 188 Å². The molecule has 2 aromatic rings. The summed E-state index contributed by atoms with van der Waals surface area (Å²) in [5.41, 5.74) is 3.22. The number of carbonyl (C=O) groups excluding carboxylic acids is 2. The van der Waals surface area contributed by atoms with E-state index in [1.54, 1.807) is 12.1 Å². The lowest BCUT2D eigenvalue weighted by atomic mass is 9.92.